The molecule has 0 aliphatic carbocycles. The zero-order chi connectivity index (χ0) is 25.4. The second kappa shape index (κ2) is 10.4. The summed E-state index contributed by atoms with van der Waals surface area (Å²) in [6.07, 6.45) is 3.16. The smallest absolute Gasteiger partial charge is 0.255 e. The van der Waals surface area contributed by atoms with E-state index in [1.54, 1.807) is 35.8 Å². The molecular weight excluding hydrogens is 498 g/mol. The molecule has 0 unspecified atom stereocenters. The first-order valence-corrected chi connectivity index (χ1v) is 11.9. The van der Waals surface area contributed by atoms with Crippen molar-refractivity contribution in [3.05, 3.63) is 41.7 Å². The van der Waals surface area contributed by atoms with Crippen molar-refractivity contribution in [1.82, 2.24) is 34.9 Å². The minimum Gasteiger partial charge on any atom is -0.394 e. The summed E-state index contributed by atoms with van der Waals surface area (Å²) in [5, 5.41) is 17.9. The number of ether oxygens (including phenoxy) is 1. The normalized spacial score (nSPS) is 14.1. The summed E-state index contributed by atoms with van der Waals surface area (Å²) < 4.78 is 7.07. The number of aliphatic hydroxyl groups excluding tert-OH is 1. The van der Waals surface area contributed by atoms with Gasteiger partial charge in [-0.2, -0.15) is 5.10 Å². The van der Waals surface area contributed by atoms with E-state index in [1.807, 2.05) is 25.1 Å². The molecule has 1 aliphatic rings. The largest absolute Gasteiger partial charge is 0.394 e. The van der Waals surface area contributed by atoms with Crippen LogP contribution in [0.1, 0.15) is 29.8 Å². The highest BCUT2D eigenvalue weighted by Gasteiger charge is 2.24. The molecule has 0 radical (unpaired) electrons. The van der Waals surface area contributed by atoms with Crippen LogP contribution in [0.15, 0.2) is 30.6 Å². The molecule has 0 spiro atoms. The Hall–Kier alpha value is -3.54. The summed E-state index contributed by atoms with van der Waals surface area (Å²) in [6.45, 7) is 7.56. The van der Waals surface area contributed by atoms with Gasteiger partial charge in [0.25, 0.3) is 5.91 Å². The fraction of sp³-hybridized carbons (Fsp3) is 0.400. The highest BCUT2D eigenvalue weighted by molar-refractivity contribution is 6.05. The maximum Gasteiger partial charge on any atom is 0.255 e. The topological polar surface area (TPSA) is 138 Å². The Labute approximate surface area is 219 Å². The lowest BCUT2D eigenvalue weighted by Crippen LogP contribution is -2.46. The quantitative estimate of drug-likeness (QED) is 0.349. The lowest BCUT2D eigenvalue weighted by molar-refractivity contribution is -0.136. The van der Waals surface area contributed by atoms with E-state index < -0.39 is 5.54 Å². The molecule has 1 fully saturated rings. The molecule has 196 valence electrons. The number of hydrogen-bond donors (Lipinski definition) is 3. The molecule has 1 saturated heterocycles. The molecule has 1 aromatic carbocycles. The minimum absolute atomic E-state index is 0. The van der Waals surface area contributed by atoms with E-state index in [1.165, 1.54) is 0 Å². The van der Waals surface area contributed by atoms with Crippen molar-refractivity contribution in [1.29, 1.82) is 0 Å². The number of morpholine rings is 1. The molecule has 11 nitrogen and oxygen atoms in total. The summed E-state index contributed by atoms with van der Waals surface area (Å²) in [4.78, 5) is 39.8. The van der Waals surface area contributed by atoms with Gasteiger partial charge >= 0.3 is 0 Å². The van der Waals surface area contributed by atoms with Crippen LogP contribution in [0.25, 0.3) is 33.5 Å². The first-order chi connectivity index (χ1) is 17.3. The van der Waals surface area contributed by atoms with Gasteiger partial charge in [-0.25, -0.2) is 9.97 Å². The summed E-state index contributed by atoms with van der Waals surface area (Å²) in [7, 11) is 0. The lowest BCUT2D eigenvalue weighted by Gasteiger charge is -2.26. The van der Waals surface area contributed by atoms with Crippen LogP contribution >= 0.6 is 12.4 Å². The van der Waals surface area contributed by atoms with E-state index in [-0.39, 0.29) is 37.4 Å². The summed E-state index contributed by atoms with van der Waals surface area (Å²) in [5.41, 5.74) is 3.35. The van der Waals surface area contributed by atoms with Gasteiger partial charge < -0.3 is 25.0 Å². The number of benzene rings is 1. The minimum atomic E-state index is -0.786. The molecule has 4 aromatic rings. The van der Waals surface area contributed by atoms with E-state index in [0.29, 0.717) is 54.4 Å². The van der Waals surface area contributed by atoms with E-state index in [0.717, 1.165) is 16.5 Å². The van der Waals surface area contributed by atoms with Crippen LogP contribution < -0.4 is 5.32 Å². The van der Waals surface area contributed by atoms with Gasteiger partial charge in [0.2, 0.25) is 5.91 Å². The second-order valence-corrected chi connectivity index (χ2v) is 9.67. The Kier molecular flexibility index (Phi) is 7.49. The number of hydrogen-bond acceptors (Lipinski definition) is 7. The van der Waals surface area contributed by atoms with Gasteiger partial charge in [-0.1, -0.05) is 12.1 Å². The van der Waals surface area contributed by atoms with Crippen molar-refractivity contribution in [3.8, 4) is 11.4 Å². The van der Waals surface area contributed by atoms with Gasteiger partial charge in [0, 0.05) is 24.7 Å². The molecule has 1 aliphatic heterocycles. The molecule has 3 aromatic heterocycles. The Morgan fingerprint density at radius 1 is 1.24 bits per heavy atom. The van der Waals surface area contributed by atoms with Gasteiger partial charge in [-0.3, -0.25) is 14.3 Å². The average Bonchev–Trinajstić information content (AvgIpc) is 3.45. The van der Waals surface area contributed by atoms with Crippen LogP contribution in [0.4, 0.5) is 0 Å². The van der Waals surface area contributed by atoms with Crippen molar-refractivity contribution in [3.63, 3.8) is 0 Å². The van der Waals surface area contributed by atoms with Crippen LogP contribution in [0, 0.1) is 6.92 Å². The van der Waals surface area contributed by atoms with E-state index >= 15 is 0 Å². The average molecular weight is 528 g/mol. The predicted octanol–water partition coefficient (Wildman–Crippen LogP) is 2.06. The van der Waals surface area contributed by atoms with Crippen LogP contribution in [-0.4, -0.2) is 85.0 Å². The van der Waals surface area contributed by atoms with Crippen LogP contribution in [0.3, 0.4) is 0 Å². The molecule has 12 heteroatoms. The molecule has 0 bridgehead atoms. The number of aromatic nitrogens is 5. The Morgan fingerprint density at radius 3 is 2.73 bits per heavy atom. The third-order valence-corrected chi connectivity index (χ3v) is 6.27. The standard InChI is InChI=1S/C25H29N7O4.ClH/c1-15-4-5-16-19(10-15)32(13-20(34)31-6-8-36-9-7-31)30-21(16)18-12-27-23-22(28-18)17(11-26-23)24(35)29-25(2,3)14-33;/h4-5,10-12,33H,6-9,13-14H2,1-3H3,(H,26,27)(H,29,35);1H. The van der Waals surface area contributed by atoms with Crippen molar-refractivity contribution in [2.24, 2.45) is 0 Å². The molecule has 0 saturated carbocycles. The van der Waals surface area contributed by atoms with Gasteiger partial charge in [0.1, 0.15) is 23.4 Å². The predicted molar refractivity (Wildman–Crippen MR) is 141 cm³/mol. The molecule has 0 atom stereocenters. The maximum atomic E-state index is 13.0. The third kappa shape index (κ3) is 5.29. The lowest BCUT2D eigenvalue weighted by atomic mass is 10.1. The third-order valence-electron chi connectivity index (χ3n) is 6.27. The number of rotatable bonds is 6. The monoisotopic (exact) mass is 527 g/mol. The number of fused-ring (bicyclic) bond motifs is 2. The zero-order valence-electron chi connectivity index (χ0n) is 20.9. The van der Waals surface area contributed by atoms with Crippen LogP contribution in [0.2, 0.25) is 0 Å². The fourth-order valence-corrected chi connectivity index (χ4v) is 4.23. The summed E-state index contributed by atoms with van der Waals surface area (Å²) in [6, 6.07) is 5.94. The molecule has 2 amide bonds. The number of aromatic amines is 1. The van der Waals surface area contributed by atoms with Gasteiger partial charge in [-0.15, -0.1) is 12.4 Å². The summed E-state index contributed by atoms with van der Waals surface area (Å²) >= 11 is 0. The zero-order valence-corrected chi connectivity index (χ0v) is 21.8. The first kappa shape index (κ1) is 26.5. The Morgan fingerprint density at radius 2 is 2.00 bits per heavy atom. The van der Waals surface area contributed by atoms with Crippen molar-refractivity contribution in [2.75, 3.05) is 32.9 Å². The molecule has 4 heterocycles. The SMILES string of the molecule is Cc1ccc2c(-c3cnc4[nH]cc(C(=O)NC(C)(C)CO)c4n3)nn(CC(=O)N3CCOCC3)c2c1.Cl. The number of aryl methyl sites for hydroxylation is 1. The molecule has 3 N–H and O–H groups in total. The van der Waals surface area contributed by atoms with Crippen LogP contribution in [-0.2, 0) is 16.1 Å². The number of carbonyl (C=O) groups is 2. The van der Waals surface area contributed by atoms with Gasteiger partial charge in [0.15, 0.2) is 5.65 Å². The summed E-state index contributed by atoms with van der Waals surface area (Å²) in [5.74, 6) is -0.387. The van der Waals surface area contributed by atoms with Crippen molar-refractivity contribution < 1.29 is 19.4 Å². The maximum absolute atomic E-state index is 13.0. The number of aliphatic hydroxyl groups is 1. The Bertz CT molecular complexity index is 1460. The number of nitrogens with one attached hydrogen (secondary N) is 2. The highest BCUT2D eigenvalue weighted by Crippen LogP contribution is 2.29. The molecule has 5 rings (SSSR count). The van der Waals surface area contributed by atoms with Crippen molar-refractivity contribution >= 4 is 46.3 Å². The van der Waals surface area contributed by atoms with Crippen molar-refractivity contribution in [2.45, 2.75) is 32.9 Å². The number of amides is 2. The molecule has 37 heavy (non-hydrogen) atoms. The van der Waals surface area contributed by atoms with E-state index in [2.05, 4.69) is 15.3 Å². The number of H-pyrrole nitrogens is 1. The highest BCUT2D eigenvalue weighted by atomic mass is 35.5. The first-order valence-electron chi connectivity index (χ1n) is 11.9. The van der Waals surface area contributed by atoms with Gasteiger partial charge in [-0.05, 0) is 32.4 Å². The van der Waals surface area contributed by atoms with E-state index in [9.17, 15) is 14.7 Å². The Balaban J connectivity index is 0.00000320. The van der Waals surface area contributed by atoms with E-state index in [4.69, 9.17) is 14.8 Å². The number of halogens is 1. The second-order valence-electron chi connectivity index (χ2n) is 9.67. The van der Waals surface area contributed by atoms with Crippen LogP contribution in [0.5, 0.6) is 0 Å². The fourth-order valence-electron chi connectivity index (χ4n) is 4.23. The number of nitrogens with zero attached hydrogens (tertiary/aromatic N) is 5. The molecular formula is C25H30ClN7O4. The number of carbonyl (C=O) groups excluding carboxylic acids is 2. The van der Waals surface area contributed by atoms with Gasteiger partial charge in [0.05, 0.1) is 42.6 Å².